The van der Waals surface area contributed by atoms with Crippen molar-refractivity contribution < 1.29 is 12.8 Å². The van der Waals surface area contributed by atoms with Crippen molar-refractivity contribution in [3.8, 4) is 0 Å². The van der Waals surface area contributed by atoms with Crippen molar-refractivity contribution >= 4 is 9.84 Å². The number of hydrogen-bond acceptors (Lipinski definition) is 3. The van der Waals surface area contributed by atoms with Crippen LogP contribution in [0.4, 0.5) is 4.39 Å². The highest BCUT2D eigenvalue weighted by atomic mass is 32.2. The van der Waals surface area contributed by atoms with Gasteiger partial charge in [-0.1, -0.05) is 26.0 Å². The van der Waals surface area contributed by atoms with Crippen molar-refractivity contribution in [1.29, 1.82) is 0 Å². The standard InChI is InChI=1S/C13H20FNO2S/c1-9(2)10(3)18(16,17)8-12-6-11(7-15)4-5-13(12)14/h4-6,9-10H,7-8,15H2,1-3H3. The Hall–Kier alpha value is -0.940. The molecule has 0 heterocycles. The summed E-state index contributed by atoms with van der Waals surface area (Å²) >= 11 is 0. The molecule has 5 heteroatoms. The summed E-state index contributed by atoms with van der Waals surface area (Å²) in [6.45, 7) is 5.61. The van der Waals surface area contributed by atoms with Crippen LogP contribution in [-0.2, 0) is 22.1 Å². The fraction of sp³-hybridized carbons (Fsp3) is 0.538. The highest BCUT2D eigenvalue weighted by Gasteiger charge is 2.25. The third-order valence-electron chi connectivity index (χ3n) is 3.21. The van der Waals surface area contributed by atoms with E-state index in [1.807, 2.05) is 13.8 Å². The minimum Gasteiger partial charge on any atom is -0.326 e. The second-order valence-electron chi connectivity index (χ2n) is 4.89. The van der Waals surface area contributed by atoms with Gasteiger partial charge in [0.2, 0.25) is 0 Å². The average Bonchev–Trinajstić information content (AvgIpc) is 2.30. The molecule has 0 fully saturated rings. The zero-order valence-corrected chi connectivity index (χ0v) is 11.8. The highest BCUT2D eigenvalue weighted by Crippen LogP contribution is 2.20. The molecule has 1 aromatic rings. The van der Waals surface area contributed by atoms with Crippen molar-refractivity contribution in [3.05, 3.63) is 35.1 Å². The maximum atomic E-state index is 13.6. The Morgan fingerprint density at radius 1 is 1.28 bits per heavy atom. The first-order chi connectivity index (χ1) is 8.27. The minimum absolute atomic E-state index is 0.00996. The lowest BCUT2D eigenvalue weighted by Gasteiger charge is -2.16. The van der Waals surface area contributed by atoms with E-state index >= 15 is 0 Å². The van der Waals surface area contributed by atoms with E-state index in [4.69, 9.17) is 5.73 Å². The number of halogens is 1. The van der Waals surface area contributed by atoms with E-state index in [1.54, 1.807) is 13.0 Å². The molecular weight excluding hydrogens is 253 g/mol. The summed E-state index contributed by atoms with van der Waals surface area (Å²) in [5.74, 6) is -0.756. The molecule has 18 heavy (non-hydrogen) atoms. The van der Waals surface area contributed by atoms with E-state index in [1.165, 1.54) is 12.1 Å². The first kappa shape index (κ1) is 15.1. The predicted molar refractivity (Wildman–Crippen MR) is 71.2 cm³/mol. The first-order valence-electron chi connectivity index (χ1n) is 5.97. The lowest BCUT2D eigenvalue weighted by Crippen LogP contribution is -2.25. The summed E-state index contributed by atoms with van der Waals surface area (Å²) in [7, 11) is -3.34. The van der Waals surface area contributed by atoms with Crippen LogP contribution in [0.15, 0.2) is 18.2 Å². The molecule has 0 spiro atoms. The Bertz CT molecular complexity index is 512. The van der Waals surface area contributed by atoms with E-state index in [0.29, 0.717) is 0 Å². The second kappa shape index (κ2) is 5.80. The number of sulfone groups is 1. The topological polar surface area (TPSA) is 60.2 Å². The van der Waals surface area contributed by atoms with Gasteiger partial charge in [-0.05, 0) is 24.5 Å². The van der Waals surface area contributed by atoms with Gasteiger partial charge in [0.05, 0.1) is 11.0 Å². The Labute approximate surface area is 108 Å². The fourth-order valence-corrected chi connectivity index (χ4v) is 3.38. The summed E-state index contributed by atoms with van der Waals surface area (Å²) < 4.78 is 37.8. The van der Waals surface area contributed by atoms with Crippen LogP contribution < -0.4 is 5.73 Å². The molecule has 1 unspecified atom stereocenters. The molecule has 0 amide bonds. The van der Waals surface area contributed by atoms with E-state index in [-0.39, 0.29) is 23.8 Å². The van der Waals surface area contributed by atoms with E-state index in [0.717, 1.165) is 5.56 Å². The molecule has 102 valence electrons. The van der Waals surface area contributed by atoms with Crippen LogP contribution in [-0.4, -0.2) is 13.7 Å². The molecule has 3 nitrogen and oxygen atoms in total. The van der Waals surface area contributed by atoms with Crippen molar-refractivity contribution in [2.45, 2.75) is 38.3 Å². The summed E-state index contributed by atoms with van der Waals surface area (Å²) in [6, 6.07) is 4.37. The molecule has 1 atom stereocenters. The Kier molecular flexibility index (Phi) is 4.87. The smallest absolute Gasteiger partial charge is 0.157 e. The van der Waals surface area contributed by atoms with Gasteiger partial charge in [-0.2, -0.15) is 0 Å². The maximum Gasteiger partial charge on any atom is 0.157 e. The van der Waals surface area contributed by atoms with Crippen LogP contribution in [0.3, 0.4) is 0 Å². The third-order valence-corrected chi connectivity index (χ3v) is 5.60. The molecule has 0 aliphatic heterocycles. The van der Waals surface area contributed by atoms with E-state index in [2.05, 4.69) is 0 Å². The summed E-state index contributed by atoms with van der Waals surface area (Å²) in [6.07, 6.45) is 0. The number of rotatable bonds is 5. The Balaban J connectivity index is 3.04. The highest BCUT2D eigenvalue weighted by molar-refractivity contribution is 7.91. The van der Waals surface area contributed by atoms with Crippen LogP contribution >= 0.6 is 0 Å². The van der Waals surface area contributed by atoms with Gasteiger partial charge in [0.1, 0.15) is 5.82 Å². The van der Waals surface area contributed by atoms with Gasteiger partial charge in [0.25, 0.3) is 0 Å². The second-order valence-corrected chi connectivity index (χ2v) is 7.24. The van der Waals surface area contributed by atoms with Crippen LogP contribution in [0.2, 0.25) is 0 Å². The normalized spacial score (nSPS) is 13.9. The molecule has 1 aromatic carbocycles. The lowest BCUT2D eigenvalue weighted by atomic mass is 10.1. The SMILES string of the molecule is CC(C)C(C)S(=O)(=O)Cc1cc(CN)ccc1F. The first-order valence-corrected chi connectivity index (χ1v) is 7.68. The molecule has 0 aliphatic rings. The van der Waals surface area contributed by atoms with Crippen LogP contribution in [0, 0.1) is 11.7 Å². The van der Waals surface area contributed by atoms with Crippen LogP contribution in [0.5, 0.6) is 0 Å². The lowest BCUT2D eigenvalue weighted by molar-refractivity contribution is 0.542. The van der Waals surface area contributed by atoms with Gasteiger partial charge in [0.15, 0.2) is 9.84 Å². The van der Waals surface area contributed by atoms with Gasteiger partial charge in [-0.15, -0.1) is 0 Å². The van der Waals surface area contributed by atoms with Gasteiger partial charge in [-0.25, -0.2) is 12.8 Å². The average molecular weight is 273 g/mol. The predicted octanol–water partition coefficient (Wildman–Crippen LogP) is 2.24. The van der Waals surface area contributed by atoms with Crippen LogP contribution in [0.25, 0.3) is 0 Å². The van der Waals surface area contributed by atoms with Gasteiger partial charge in [-0.3, -0.25) is 0 Å². The Morgan fingerprint density at radius 2 is 1.89 bits per heavy atom. The largest absolute Gasteiger partial charge is 0.326 e. The fourth-order valence-electron chi connectivity index (χ4n) is 1.63. The molecule has 2 N–H and O–H groups in total. The monoisotopic (exact) mass is 273 g/mol. The van der Waals surface area contributed by atoms with Crippen LogP contribution in [0.1, 0.15) is 31.9 Å². The Morgan fingerprint density at radius 3 is 2.39 bits per heavy atom. The number of benzene rings is 1. The summed E-state index contributed by atoms with van der Waals surface area (Å²) in [5.41, 5.74) is 6.40. The van der Waals surface area contributed by atoms with E-state index < -0.39 is 20.9 Å². The molecule has 0 saturated carbocycles. The zero-order valence-electron chi connectivity index (χ0n) is 11.0. The summed E-state index contributed by atoms with van der Waals surface area (Å²) in [5, 5.41) is -0.488. The van der Waals surface area contributed by atoms with Crippen molar-refractivity contribution in [1.82, 2.24) is 0 Å². The third kappa shape index (κ3) is 3.53. The molecule has 0 radical (unpaired) electrons. The molecule has 0 bridgehead atoms. The molecule has 1 rings (SSSR count). The van der Waals surface area contributed by atoms with Gasteiger partial charge >= 0.3 is 0 Å². The zero-order chi connectivity index (χ0) is 13.9. The minimum atomic E-state index is -3.34. The molecule has 0 aliphatic carbocycles. The van der Waals surface area contributed by atoms with Gasteiger partial charge < -0.3 is 5.73 Å². The van der Waals surface area contributed by atoms with Crippen molar-refractivity contribution in [3.63, 3.8) is 0 Å². The molecule has 0 saturated heterocycles. The molecule has 0 aromatic heterocycles. The number of nitrogens with two attached hydrogens (primary N) is 1. The van der Waals surface area contributed by atoms with Crippen molar-refractivity contribution in [2.24, 2.45) is 11.7 Å². The number of hydrogen-bond donors (Lipinski definition) is 1. The molecular formula is C13H20FNO2S. The quantitative estimate of drug-likeness (QED) is 0.895. The van der Waals surface area contributed by atoms with Gasteiger partial charge in [0, 0.05) is 12.1 Å². The maximum absolute atomic E-state index is 13.6. The van der Waals surface area contributed by atoms with Crippen molar-refractivity contribution in [2.75, 3.05) is 0 Å². The summed E-state index contributed by atoms with van der Waals surface area (Å²) in [4.78, 5) is 0. The van der Waals surface area contributed by atoms with E-state index in [9.17, 15) is 12.8 Å².